The van der Waals surface area contributed by atoms with Crippen LogP contribution >= 0.6 is 0 Å². The lowest BCUT2D eigenvalue weighted by molar-refractivity contribution is -0.152. The van der Waals surface area contributed by atoms with Crippen LogP contribution in [0.2, 0.25) is 0 Å². The number of nitrogens with zero attached hydrogens (tertiary/aromatic N) is 1. The third-order valence-electron chi connectivity index (χ3n) is 5.34. The summed E-state index contributed by atoms with van der Waals surface area (Å²) in [5.74, 6) is 0.792. The molecule has 3 aromatic carbocycles. The Hall–Kier alpha value is -3.84. The largest absolute Gasteiger partial charge is 0.479 e. The molecule has 0 saturated heterocycles. The molecule has 1 heterocycles. The van der Waals surface area contributed by atoms with E-state index in [1.165, 1.54) is 13.8 Å². The van der Waals surface area contributed by atoms with E-state index in [1.54, 1.807) is 12.1 Å². The maximum atomic E-state index is 11.2. The summed E-state index contributed by atoms with van der Waals surface area (Å²) in [6.07, 6.45) is 0.401. The molecular formula is C27H28N2O5. The number of nitrogens with one attached hydrogen (secondary N) is 1. The maximum Gasteiger partial charge on any atom is 0.347 e. The van der Waals surface area contributed by atoms with Crippen LogP contribution in [0.3, 0.4) is 0 Å². The summed E-state index contributed by atoms with van der Waals surface area (Å²) in [6, 6.07) is 24.7. The molecule has 0 fully saturated rings. The van der Waals surface area contributed by atoms with Gasteiger partial charge in [0.1, 0.15) is 17.0 Å². The van der Waals surface area contributed by atoms with E-state index < -0.39 is 11.6 Å². The molecule has 0 aliphatic heterocycles. The van der Waals surface area contributed by atoms with E-state index in [2.05, 4.69) is 10.3 Å². The van der Waals surface area contributed by atoms with Gasteiger partial charge in [0, 0.05) is 6.54 Å². The summed E-state index contributed by atoms with van der Waals surface area (Å²) >= 11 is 0. The molecule has 0 amide bonds. The zero-order chi connectivity index (χ0) is 24.0. The Labute approximate surface area is 198 Å². The summed E-state index contributed by atoms with van der Waals surface area (Å²) in [7, 11) is 0. The fraction of sp³-hybridized carbons (Fsp3) is 0.259. The Balaban J connectivity index is 1.36. The van der Waals surface area contributed by atoms with Crippen molar-refractivity contribution in [1.29, 1.82) is 0 Å². The number of fused-ring (bicyclic) bond motifs is 1. The van der Waals surface area contributed by atoms with Crippen molar-refractivity contribution < 1.29 is 23.8 Å². The normalized spacial score (nSPS) is 12.4. The quantitative estimate of drug-likeness (QED) is 0.304. The van der Waals surface area contributed by atoms with Gasteiger partial charge in [-0.05, 0) is 68.8 Å². The molecule has 0 bridgehead atoms. The number of oxazole rings is 1. The summed E-state index contributed by atoms with van der Waals surface area (Å²) < 4.78 is 17.7. The van der Waals surface area contributed by atoms with E-state index in [4.69, 9.17) is 13.9 Å². The number of carbonyl (C=O) groups is 1. The Morgan fingerprint density at radius 3 is 2.41 bits per heavy atom. The zero-order valence-electron chi connectivity index (χ0n) is 19.2. The van der Waals surface area contributed by atoms with Crippen LogP contribution in [0.15, 0.2) is 83.3 Å². The van der Waals surface area contributed by atoms with Gasteiger partial charge < -0.3 is 24.3 Å². The molecule has 0 saturated carbocycles. The van der Waals surface area contributed by atoms with Crippen LogP contribution in [0.1, 0.15) is 31.4 Å². The fourth-order valence-electron chi connectivity index (χ4n) is 3.40. The van der Waals surface area contributed by atoms with Crippen molar-refractivity contribution in [2.75, 3.05) is 13.1 Å². The molecule has 0 spiro atoms. The van der Waals surface area contributed by atoms with E-state index >= 15 is 0 Å². The van der Waals surface area contributed by atoms with E-state index in [9.17, 15) is 9.90 Å². The average Bonchev–Trinajstić information content (AvgIpc) is 3.27. The van der Waals surface area contributed by atoms with E-state index in [0.29, 0.717) is 18.2 Å². The van der Waals surface area contributed by atoms with E-state index in [0.717, 1.165) is 35.4 Å². The molecule has 7 nitrogen and oxygen atoms in total. The first-order valence-corrected chi connectivity index (χ1v) is 11.2. The standard InChI is InChI=1S/C27H28N2O5/c1-27(2,26(30)31)34-21-14-12-19(13-15-21)16-17-28-18-24(32-20-8-4-3-5-9-20)25-29-22-10-6-7-11-23(22)33-25/h3-15,24,28H,16-18H2,1-2H3,(H,30,31). The molecule has 1 unspecified atom stereocenters. The molecule has 0 aliphatic rings. The molecule has 2 N–H and O–H groups in total. The summed E-state index contributed by atoms with van der Waals surface area (Å²) in [5.41, 5.74) is 1.36. The predicted octanol–water partition coefficient (Wildman–Crippen LogP) is 5.02. The van der Waals surface area contributed by atoms with Crippen LogP contribution in [-0.4, -0.2) is 34.8 Å². The van der Waals surface area contributed by atoms with E-state index in [1.807, 2.05) is 66.7 Å². The van der Waals surface area contributed by atoms with Crippen LogP contribution in [0.4, 0.5) is 0 Å². The maximum absolute atomic E-state index is 11.2. The third kappa shape index (κ3) is 5.94. The van der Waals surface area contributed by atoms with Gasteiger partial charge in [-0.2, -0.15) is 0 Å². The van der Waals surface area contributed by atoms with Crippen molar-refractivity contribution in [1.82, 2.24) is 10.3 Å². The Bertz CT molecular complexity index is 1190. The van der Waals surface area contributed by atoms with Gasteiger partial charge in [-0.15, -0.1) is 0 Å². The van der Waals surface area contributed by atoms with Crippen molar-refractivity contribution in [3.63, 3.8) is 0 Å². The second-order valence-electron chi connectivity index (χ2n) is 8.45. The second-order valence-corrected chi connectivity index (χ2v) is 8.45. The highest BCUT2D eigenvalue weighted by atomic mass is 16.5. The number of aliphatic carboxylic acids is 1. The highest BCUT2D eigenvalue weighted by Gasteiger charge is 2.29. The fourth-order valence-corrected chi connectivity index (χ4v) is 3.40. The van der Waals surface area contributed by atoms with Crippen LogP contribution in [0.5, 0.6) is 11.5 Å². The molecule has 4 rings (SSSR count). The van der Waals surface area contributed by atoms with Crippen molar-refractivity contribution >= 4 is 17.1 Å². The number of para-hydroxylation sites is 3. The van der Waals surface area contributed by atoms with Crippen molar-refractivity contribution in [2.24, 2.45) is 0 Å². The number of carboxylic acids is 1. The SMILES string of the molecule is CC(C)(Oc1ccc(CCNCC(Oc2ccccc2)c2nc3ccccc3o2)cc1)C(=O)O. The predicted molar refractivity (Wildman–Crippen MR) is 129 cm³/mol. The first-order valence-electron chi connectivity index (χ1n) is 11.2. The first kappa shape index (κ1) is 23.3. The van der Waals surface area contributed by atoms with Crippen LogP contribution in [0, 0.1) is 0 Å². The number of benzene rings is 3. The second kappa shape index (κ2) is 10.4. The third-order valence-corrected chi connectivity index (χ3v) is 5.34. The smallest absolute Gasteiger partial charge is 0.347 e. The molecule has 1 atom stereocenters. The zero-order valence-corrected chi connectivity index (χ0v) is 19.2. The topological polar surface area (TPSA) is 93.8 Å². The van der Waals surface area contributed by atoms with Gasteiger partial charge in [0.2, 0.25) is 5.89 Å². The van der Waals surface area contributed by atoms with Gasteiger partial charge in [0.25, 0.3) is 0 Å². The van der Waals surface area contributed by atoms with Gasteiger partial charge >= 0.3 is 5.97 Å². The molecule has 4 aromatic rings. The molecule has 0 aliphatic carbocycles. The lowest BCUT2D eigenvalue weighted by Gasteiger charge is -2.21. The minimum atomic E-state index is -1.28. The van der Waals surface area contributed by atoms with Gasteiger partial charge in [-0.25, -0.2) is 9.78 Å². The van der Waals surface area contributed by atoms with Gasteiger partial charge in [-0.3, -0.25) is 0 Å². The number of hydrogen-bond donors (Lipinski definition) is 2. The van der Waals surface area contributed by atoms with Crippen molar-refractivity contribution in [2.45, 2.75) is 32.0 Å². The van der Waals surface area contributed by atoms with Crippen molar-refractivity contribution in [3.8, 4) is 11.5 Å². The first-order chi connectivity index (χ1) is 16.4. The molecule has 7 heteroatoms. The minimum Gasteiger partial charge on any atom is -0.479 e. The number of ether oxygens (including phenoxy) is 2. The number of hydrogen-bond acceptors (Lipinski definition) is 6. The monoisotopic (exact) mass is 460 g/mol. The molecule has 34 heavy (non-hydrogen) atoms. The molecule has 176 valence electrons. The number of rotatable bonds is 11. The van der Waals surface area contributed by atoms with E-state index in [-0.39, 0.29) is 6.10 Å². The number of aromatic nitrogens is 1. The number of carboxylic acid groups (broad SMARTS) is 1. The Morgan fingerprint density at radius 1 is 1.00 bits per heavy atom. The Kier molecular flexibility index (Phi) is 7.13. The van der Waals surface area contributed by atoms with Crippen LogP contribution in [0.25, 0.3) is 11.1 Å². The average molecular weight is 461 g/mol. The lowest BCUT2D eigenvalue weighted by Crippen LogP contribution is -2.37. The summed E-state index contributed by atoms with van der Waals surface area (Å²) in [6.45, 7) is 4.29. The minimum absolute atomic E-state index is 0.385. The van der Waals surface area contributed by atoms with Crippen LogP contribution < -0.4 is 14.8 Å². The molecule has 0 radical (unpaired) electrons. The summed E-state index contributed by atoms with van der Waals surface area (Å²) in [4.78, 5) is 15.8. The lowest BCUT2D eigenvalue weighted by atomic mass is 10.1. The molecule has 1 aromatic heterocycles. The summed E-state index contributed by atoms with van der Waals surface area (Å²) in [5, 5.41) is 12.6. The highest BCUT2D eigenvalue weighted by Crippen LogP contribution is 2.25. The van der Waals surface area contributed by atoms with Crippen LogP contribution in [-0.2, 0) is 11.2 Å². The van der Waals surface area contributed by atoms with Crippen molar-refractivity contribution in [3.05, 3.63) is 90.3 Å². The van der Waals surface area contributed by atoms with Gasteiger partial charge in [0.15, 0.2) is 17.3 Å². The van der Waals surface area contributed by atoms with Gasteiger partial charge in [-0.1, -0.05) is 42.5 Å². The Morgan fingerprint density at radius 2 is 1.71 bits per heavy atom. The van der Waals surface area contributed by atoms with Gasteiger partial charge in [0.05, 0.1) is 0 Å². The highest BCUT2D eigenvalue weighted by molar-refractivity contribution is 5.76. The molecular weight excluding hydrogens is 432 g/mol.